The van der Waals surface area contributed by atoms with Crippen LogP contribution in [-0.2, 0) is 4.79 Å². The summed E-state index contributed by atoms with van der Waals surface area (Å²) in [5, 5.41) is 0. The molecule has 0 fully saturated rings. The highest BCUT2D eigenvalue weighted by Crippen LogP contribution is 1.94. The summed E-state index contributed by atoms with van der Waals surface area (Å²) in [6.07, 6.45) is 5.55. The predicted octanol–water partition coefficient (Wildman–Crippen LogP) is 0.788. The highest BCUT2D eigenvalue weighted by atomic mass is 32.1. The predicted molar refractivity (Wildman–Crippen MR) is 49.6 cm³/mol. The molecule has 0 aromatic heterocycles. The molecule has 3 heteroatoms. The molecular weight excluding hydrogens is 158 g/mol. The van der Waals surface area contributed by atoms with Gasteiger partial charge in [-0.25, -0.2) is 0 Å². The molecule has 0 saturated carbocycles. The van der Waals surface area contributed by atoms with Gasteiger partial charge in [-0.05, 0) is 12.7 Å². The summed E-state index contributed by atoms with van der Waals surface area (Å²) >= 11 is 3.96. The largest absolute Gasteiger partial charge is 0.332 e. The fourth-order valence-corrected chi connectivity index (χ4v) is 0.932. The van der Waals surface area contributed by atoms with E-state index in [0.29, 0.717) is 25.3 Å². The van der Waals surface area contributed by atoms with Crippen molar-refractivity contribution in [2.45, 2.75) is 13.3 Å². The van der Waals surface area contributed by atoms with Crippen molar-refractivity contribution in [3.05, 3.63) is 0 Å². The molecule has 0 spiro atoms. The summed E-state index contributed by atoms with van der Waals surface area (Å²) in [5.41, 5.74) is 0. The standard InChI is InChI=1S/C8H13NOS/c1-3-6-9(4-2)8(10)5-7-11/h1,11H,4-7H2,2H3. The average Bonchev–Trinajstić information content (AvgIpc) is 2.00. The average molecular weight is 171 g/mol. The Kier molecular flexibility index (Phi) is 5.77. The molecular formula is C8H13NOS. The van der Waals surface area contributed by atoms with E-state index in [0.717, 1.165) is 0 Å². The lowest BCUT2D eigenvalue weighted by Crippen LogP contribution is -2.31. The smallest absolute Gasteiger partial charge is 0.224 e. The number of terminal acetylenes is 1. The lowest BCUT2D eigenvalue weighted by Gasteiger charge is -2.16. The number of nitrogens with zero attached hydrogens (tertiary/aromatic N) is 1. The van der Waals surface area contributed by atoms with E-state index in [9.17, 15) is 4.79 Å². The van der Waals surface area contributed by atoms with Gasteiger partial charge < -0.3 is 4.90 Å². The number of thiol groups is 1. The van der Waals surface area contributed by atoms with Gasteiger partial charge in [0.05, 0.1) is 6.54 Å². The number of amides is 1. The van der Waals surface area contributed by atoms with Crippen LogP contribution in [0.15, 0.2) is 0 Å². The summed E-state index contributed by atoms with van der Waals surface area (Å²) in [4.78, 5) is 12.8. The molecule has 0 heterocycles. The van der Waals surface area contributed by atoms with Crippen molar-refractivity contribution in [3.8, 4) is 12.3 Å². The van der Waals surface area contributed by atoms with Crippen molar-refractivity contribution in [2.24, 2.45) is 0 Å². The molecule has 0 aromatic rings. The third-order valence-corrected chi connectivity index (χ3v) is 1.57. The van der Waals surface area contributed by atoms with Crippen LogP contribution in [0.3, 0.4) is 0 Å². The van der Waals surface area contributed by atoms with E-state index in [4.69, 9.17) is 6.42 Å². The minimum absolute atomic E-state index is 0.0838. The molecule has 0 aliphatic rings. The first-order valence-corrected chi connectivity index (χ1v) is 4.21. The molecule has 1 amide bonds. The quantitative estimate of drug-likeness (QED) is 0.490. The topological polar surface area (TPSA) is 20.3 Å². The minimum atomic E-state index is 0.0838. The summed E-state index contributed by atoms with van der Waals surface area (Å²) < 4.78 is 0. The van der Waals surface area contributed by atoms with Crippen LogP contribution in [0.5, 0.6) is 0 Å². The van der Waals surface area contributed by atoms with Crippen molar-refractivity contribution in [1.29, 1.82) is 0 Å². The molecule has 0 radical (unpaired) electrons. The summed E-state index contributed by atoms with van der Waals surface area (Å²) in [6.45, 7) is 2.99. The molecule has 0 N–H and O–H groups in total. The van der Waals surface area contributed by atoms with Crippen LogP contribution >= 0.6 is 12.6 Å². The Morgan fingerprint density at radius 3 is 2.73 bits per heavy atom. The van der Waals surface area contributed by atoms with Crippen LogP contribution in [0.4, 0.5) is 0 Å². The van der Waals surface area contributed by atoms with Gasteiger partial charge in [-0.1, -0.05) is 5.92 Å². The molecule has 0 rings (SSSR count). The van der Waals surface area contributed by atoms with Gasteiger partial charge in [-0.15, -0.1) is 6.42 Å². The third kappa shape index (κ3) is 3.94. The van der Waals surface area contributed by atoms with E-state index in [2.05, 4.69) is 18.5 Å². The summed E-state index contributed by atoms with van der Waals surface area (Å²) in [5.74, 6) is 3.11. The van der Waals surface area contributed by atoms with E-state index >= 15 is 0 Å². The van der Waals surface area contributed by atoms with Crippen molar-refractivity contribution < 1.29 is 4.79 Å². The first-order chi connectivity index (χ1) is 5.26. The maximum Gasteiger partial charge on any atom is 0.224 e. The van der Waals surface area contributed by atoms with E-state index < -0.39 is 0 Å². The molecule has 0 bridgehead atoms. The van der Waals surface area contributed by atoms with E-state index in [1.807, 2.05) is 6.92 Å². The van der Waals surface area contributed by atoms with Crippen molar-refractivity contribution in [3.63, 3.8) is 0 Å². The Morgan fingerprint density at radius 2 is 2.36 bits per heavy atom. The molecule has 0 aromatic carbocycles. The molecule has 62 valence electrons. The van der Waals surface area contributed by atoms with Gasteiger partial charge in [-0.2, -0.15) is 12.6 Å². The highest BCUT2D eigenvalue weighted by molar-refractivity contribution is 7.80. The molecule has 0 saturated heterocycles. The van der Waals surface area contributed by atoms with Gasteiger partial charge in [0.2, 0.25) is 5.91 Å². The first kappa shape index (κ1) is 10.4. The first-order valence-electron chi connectivity index (χ1n) is 3.58. The monoisotopic (exact) mass is 171 g/mol. The van der Waals surface area contributed by atoms with Gasteiger partial charge in [-0.3, -0.25) is 4.79 Å². The van der Waals surface area contributed by atoms with Gasteiger partial charge in [0.25, 0.3) is 0 Å². The van der Waals surface area contributed by atoms with Crippen molar-refractivity contribution >= 4 is 18.5 Å². The second-order valence-corrected chi connectivity index (χ2v) is 2.53. The molecule has 0 unspecified atom stereocenters. The van der Waals surface area contributed by atoms with Gasteiger partial charge >= 0.3 is 0 Å². The summed E-state index contributed by atoms with van der Waals surface area (Å²) in [6, 6.07) is 0. The van der Waals surface area contributed by atoms with Crippen LogP contribution in [-0.4, -0.2) is 29.6 Å². The molecule has 11 heavy (non-hydrogen) atoms. The number of carbonyl (C=O) groups excluding carboxylic acids is 1. The van der Waals surface area contributed by atoms with Crippen LogP contribution in [0.1, 0.15) is 13.3 Å². The Hall–Kier alpha value is -0.620. The number of carbonyl (C=O) groups is 1. The molecule has 0 aliphatic heterocycles. The zero-order valence-corrected chi connectivity index (χ0v) is 7.60. The zero-order valence-electron chi connectivity index (χ0n) is 6.71. The van der Waals surface area contributed by atoms with Crippen LogP contribution in [0, 0.1) is 12.3 Å². The Balaban J connectivity index is 3.83. The second kappa shape index (κ2) is 6.11. The molecule has 0 atom stereocenters. The Morgan fingerprint density at radius 1 is 1.73 bits per heavy atom. The van der Waals surface area contributed by atoms with E-state index in [-0.39, 0.29) is 5.91 Å². The van der Waals surface area contributed by atoms with Gasteiger partial charge in [0, 0.05) is 13.0 Å². The van der Waals surface area contributed by atoms with Gasteiger partial charge in [0.1, 0.15) is 0 Å². The van der Waals surface area contributed by atoms with E-state index in [1.54, 1.807) is 4.90 Å². The normalized spacial score (nSPS) is 8.82. The van der Waals surface area contributed by atoms with Crippen molar-refractivity contribution in [1.82, 2.24) is 4.90 Å². The zero-order chi connectivity index (χ0) is 8.69. The van der Waals surface area contributed by atoms with Crippen molar-refractivity contribution in [2.75, 3.05) is 18.8 Å². The molecule has 0 aliphatic carbocycles. The van der Waals surface area contributed by atoms with Gasteiger partial charge in [0.15, 0.2) is 0 Å². The second-order valence-electron chi connectivity index (χ2n) is 2.09. The fourth-order valence-electron chi connectivity index (χ4n) is 0.740. The lowest BCUT2D eigenvalue weighted by molar-refractivity contribution is -0.129. The molecule has 2 nitrogen and oxygen atoms in total. The number of rotatable bonds is 4. The van der Waals surface area contributed by atoms with E-state index in [1.165, 1.54) is 0 Å². The summed E-state index contributed by atoms with van der Waals surface area (Å²) in [7, 11) is 0. The van der Waals surface area contributed by atoms with Crippen LogP contribution in [0.2, 0.25) is 0 Å². The van der Waals surface area contributed by atoms with Crippen LogP contribution < -0.4 is 0 Å². The maximum absolute atomic E-state index is 11.1. The Labute approximate surface area is 73.4 Å². The number of hydrogen-bond acceptors (Lipinski definition) is 2. The third-order valence-electron chi connectivity index (χ3n) is 1.34. The highest BCUT2D eigenvalue weighted by Gasteiger charge is 2.07. The van der Waals surface area contributed by atoms with Crippen LogP contribution in [0.25, 0.3) is 0 Å². The fraction of sp³-hybridized carbons (Fsp3) is 0.625. The SMILES string of the molecule is C#CCN(CC)C(=O)CCS. The maximum atomic E-state index is 11.1. The minimum Gasteiger partial charge on any atom is -0.332 e. The lowest BCUT2D eigenvalue weighted by atomic mass is 10.4. The Bertz CT molecular complexity index is 162. The number of hydrogen-bond donors (Lipinski definition) is 1.